The summed E-state index contributed by atoms with van der Waals surface area (Å²) in [7, 11) is 0. The Morgan fingerprint density at radius 2 is 2.00 bits per heavy atom. The molecule has 2 aromatic carbocycles. The van der Waals surface area contributed by atoms with Crippen molar-refractivity contribution in [3.05, 3.63) is 63.4 Å². The van der Waals surface area contributed by atoms with E-state index in [0.29, 0.717) is 11.4 Å². The third-order valence-electron chi connectivity index (χ3n) is 2.95. The van der Waals surface area contributed by atoms with Gasteiger partial charge in [-0.05, 0) is 30.3 Å². The molecule has 23 heavy (non-hydrogen) atoms. The lowest BCUT2D eigenvalue weighted by atomic mass is 10.2. The Morgan fingerprint density at radius 3 is 2.61 bits per heavy atom. The minimum Gasteiger partial charge on any atom is -0.491 e. The van der Waals surface area contributed by atoms with Crippen LogP contribution in [0.2, 0.25) is 5.02 Å². The highest BCUT2D eigenvalue weighted by Gasteiger charge is 2.11. The second-order valence-electron chi connectivity index (χ2n) is 4.72. The maximum Gasteiger partial charge on any atom is 0.271 e. The number of halogens is 2. The topological polar surface area (TPSA) is 84.6 Å². The zero-order valence-corrected chi connectivity index (χ0v) is 12.7. The third-order valence-corrected chi connectivity index (χ3v) is 3.26. The average molecular weight is 341 g/mol. The van der Waals surface area contributed by atoms with Crippen LogP contribution in [0.15, 0.2) is 42.5 Å². The van der Waals surface area contributed by atoms with Crippen molar-refractivity contribution in [3.8, 4) is 5.75 Å². The van der Waals surface area contributed by atoms with Crippen molar-refractivity contribution in [3.63, 3.8) is 0 Å². The number of aliphatic hydroxyl groups excluding tert-OH is 1. The van der Waals surface area contributed by atoms with E-state index >= 15 is 0 Å². The zero-order chi connectivity index (χ0) is 16.8. The lowest BCUT2D eigenvalue weighted by Gasteiger charge is -2.14. The normalized spacial score (nSPS) is 11.8. The van der Waals surface area contributed by atoms with Gasteiger partial charge in [-0.2, -0.15) is 0 Å². The molecule has 0 aliphatic carbocycles. The van der Waals surface area contributed by atoms with Crippen LogP contribution in [0.1, 0.15) is 0 Å². The summed E-state index contributed by atoms with van der Waals surface area (Å²) in [6.07, 6.45) is -0.841. The molecule has 2 N–H and O–H groups in total. The van der Waals surface area contributed by atoms with Gasteiger partial charge in [0.25, 0.3) is 5.69 Å². The first kappa shape index (κ1) is 17.0. The number of hydrogen-bond acceptors (Lipinski definition) is 5. The quantitative estimate of drug-likeness (QED) is 0.597. The maximum atomic E-state index is 12.7. The Bertz CT molecular complexity index is 682. The van der Waals surface area contributed by atoms with Gasteiger partial charge in [-0.3, -0.25) is 10.1 Å². The van der Waals surface area contributed by atoms with Gasteiger partial charge in [-0.1, -0.05) is 11.6 Å². The third kappa shape index (κ3) is 5.08. The first-order chi connectivity index (χ1) is 11.0. The van der Waals surface area contributed by atoms with Crippen molar-refractivity contribution in [2.24, 2.45) is 0 Å². The van der Waals surface area contributed by atoms with Crippen molar-refractivity contribution in [1.82, 2.24) is 0 Å². The number of nitrogens with zero attached hydrogens (tertiary/aromatic N) is 1. The van der Waals surface area contributed by atoms with E-state index in [0.717, 1.165) is 0 Å². The molecule has 2 aromatic rings. The van der Waals surface area contributed by atoms with Gasteiger partial charge in [0.15, 0.2) is 0 Å². The second-order valence-corrected chi connectivity index (χ2v) is 5.13. The molecule has 1 atom stereocenters. The molecule has 0 fully saturated rings. The van der Waals surface area contributed by atoms with Gasteiger partial charge in [0.2, 0.25) is 0 Å². The number of non-ortho nitro benzene ring substituents is 1. The van der Waals surface area contributed by atoms with Crippen LogP contribution >= 0.6 is 11.6 Å². The van der Waals surface area contributed by atoms with Crippen molar-refractivity contribution in [1.29, 1.82) is 0 Å². The highest BCUT2D eigenvalue weighted by molar-refractivity contribution is 6.33. The molecule has 8 heteroatoms. The van der Waals surface area contributed by atoms with Gasteiger partial charge in [0.1, 0.15) is 24.3 Å². The first-order valence-electron chi connectivity index (χ1n) is 6.70. The minimum absolute atomic E-state index is 0.00321. The Hall–Kier alpha value is -2.38. The summed E-state index contributed by atoms with van der Waals surface area (Å²) in [5.74, 6) is 0.0752. The van der Waals surface area contributed by atoms with E-state index in [1.54, 1.807) is 0 Å². The fraction of sp³-hybridized carbons (Fsp3) is 0.200. The summed E-state index contributed by atoms with van der Waals surface area (Å²) < 4.78 is 18.1. The van der Waals surface area contributed by atoms with Crippen LogP contribution in [0.4, 0.5) is 15.8 Å². The van der Waals surface area contributed by atoms with E-state index in [4.69, 9.17) is 16.3 Å². The molecule has 0 aromatic heterocycles. The molecular weight excluding hydrogens is 327 g/mol. The van der Waals surface area contributed by atoms with Gasteiger partial charge in [0, 0.05) is 18.7 Å². The maximum absolute atomic E-state index is 12.7. The second kappa shape index (κ2) is 7.75. The fourth-order valence-corrected chi connectivity index (χ4v) is 2.01. The van der Waals surface area contributed by atoms with Crippen molar-refractivity contribution < 1.29 is 19.2 Å². The van der Waals surface area contributed by atoms with Gasteiger partial charge < -0.3 is 15.2 Å². The van der Waals surface area contributed by atoms with E-state index in [1.165, 1.54) is 42.5 Å². The Labute approximate surface area is 136 Å². The van der Waals surface area contributed by atoms with Crippen molar-refractivity contribution in [2.75, 3.05) is 18.5 Å². The number of ether oxygens (including phenoxy) is 1. The first-order valence-corrected chi connectivity index (χ1v) is 7.08. The average Bonchev–Trinajstić information content (AvgIpc) is 2.53. The molecule has 2 rings (SSSR count). The highest BCUT2D eigenvalue weighted by atomic mass is 35.5. The molecule has 0 heterocycles. The lowest BCUT2D eigenvalue weighted by molar-refractivity contribution is -0.384. The number of nitro groups is 1. The summed E-state index contributed by atoms with van der Waals surface area (Å²) in [6.45, 7) is 0.141. The molecule has 1 unspecified atom stereocenters. The fourth-order valence-electron chi connectivity index (χ4n) is 1.77. The van der Waals surface area contributed by atoms with Crippen LogP contribution in [0.3, 0.4) is 0 Å². The van der Waals surface area contributed by atoms with Crippen LogP contribution in [-0.4, -0.2) is 29.3 Å². The van der Waals surface area contributed by atoms with Crippen LogP contribution in [-0.2, 0) is 0 Å². The van der Waals surface area contributed by atoms with Crippen molar-refractivity contribution in [2.45, 2.75) is 6.10 Å². The number of aliphatic hydroxyl groups is 1. The van der Waals surface area contributed by atoms with E-state index in [1.807, 2.05) is 0 Å². The molecule has 0 saturated heterocycles. The number of anilines is 1. The van der Waals surface area contributed by atoms with Gasteiger partial charge in [-0.15, -0.1) is 0 Å². The highest BCUT2D eigenvalue weighted by Crippen LogP contribution is 2.26. The standard InChI is InChI=1S/C15H14ClFN2O4/c16-14-7-11(19(21)22)3-6-15(14)18-8-12(20)9-23-13-4-1-10(17)2-5-13/h1-7,12,18,20H,8-9H2. The van der Waals surface area contributed by atoms with E-state index in [9.17, 15) is 19.6 Å². The van der Waals surface area contributed by atoms with E-state index in [2.05, 4.69) is 5.32 Å². The molecule has 0 amide bonds. The van der Waals surface area contributed by atoms with Crippen LogP contribution in [0.5, 0.6) is 5.75 Å². The van der Waals surface area contributed by atoms with Gasteiger partial charge in [-0.25, -0.2) is 4.39 Å². The number of hydrogen-bond donors (Lipinski definition) is 2. The monoisotopic (exact) mass is 340 g/mol. The molecule has 6 nitrogen and oxygen atoms in total. The molecule has 122 valence electrons. The number of nitrogens with one attached hydrogen (secondary N) is 1. The molecular formula is C15H14ClFN2O4. The van der Waals surface area contributed by atoms with Gasteiger partial charge >= 0.3 is 0 Å². The molecule has 0 saturated carbocycles. The van der Waals surface area contributed by atoms with Crippen molar-refractivity contribution >= 4 is 23.0 Å². The predicted octanol–water partition coefficient (Wildman–Crippen LogP) is 3.24. The largest absolute Gasteiger partial charge is 0.491 e. The summed E-state index contributed by atoms with van der Waals surface area (Å²) >= 11 is 5.93. The van der Waals surface area contributed by atoms with Crippen LogP contribution in [0.25, 0.3) is 0 Å². The summed E-state index contributed by atoms with van der Waals surface area (Å²) in [6, 6.07) is 9.45. The van der Waals surface area contributed by atoms with Crippen LogP contribution in [0, 0.1) is 15.9 Å². The smallest absolute Gasteiger partial charge is 0.271 e. The van der Waals surface area contributed by atoms with Crippen LogP contribution < -0.4 is 10.1 Å². The molecule has 0 spiro atoms. The molecule has 0 aliphatic heterocycles. The summed E-state index contributed by atoms with van der Waals surface area (Å²) in [5.41, 5.74) is 0.360. The van der Waals surface area contributed by atoms with Gasteiger partial charge in [0.05, 0.1) is 15.6 Å². The Kier molecular flexibility index (Phi) is 5.72. The Morgan fingerprint density at radius 1 is 1.30 bits per heavy atom. The minimum atomic E-state index is -0.841. The predicted molar refractivity (Wildman–Crippen MR) is 84.5 cm³/mol. The number of benzene rings is 2. The van der Waals surface area contributed by atoms with E-state index < -0.39 is 11.0 Å². The number of nitro benzene ring substituents is 1. The zero-order valence-electron chi connectivity index (χ0n) is 11.9. The summed E-state index contributed by atoms with van der Waals surface area (Å²) in [5, 5.41) is 23.5. The molecule has 0 aliphatic rings. The van der Waals surface area contributed by atoms with E-state index in [-0.39, 0.29) is 29.7 Å². The number of rotatable bonds is 7. The Balaban J connectivity index is 1.83. The summed E-state index contributed by atoms with van der Waals surface area (Å²) in [4.78, 5) is 10.1. The molecule has 0 radical (unpaired) electrons. The SMILES string of the molecule is O=[N+]([O-])c1ccc(NCC(O)COc2ccc(F)cc2)c(Cl)c1. The lowest BCUT2D eigenvalue weighted by Crippen LogP contribution is -2.26. The molecule has 0 bridgehead atoms.